The van der Waals surface area contributed by atoms with Crippen LogP contribution in [0.2, 0.25) is 0 Å². The van der Waals surface area contributed by atoms with E-state index < -0.39 is 26.5 Å². The average Bonchev–Trinajstić information content (AvgIpc) is 2.60. The van der Waals surface area contributed by atoms with E-state index in [2.05, 4.69) is 5.32 Å². The number of carboxylic acid groups (broad SMARTS) is 1. The molecule has 0 spiro atoms. The number of carboxylic acids is 1. The Morgan fingerprint density at radius 3 is 2.48 bits per heavy atom. The molecule has 10 heteroatoms. The molecule has 1 aliphatic rings. The van der Waals surface area contributed by atoms with Crippen LogP contribution in [-0.2, 0) is 14.8 Å². The molecule has 0 bridgehead atoms. The molecular formula is C17H25N3O6S. The van der Waals surface area contributed by atoms with Crippen molar-refractivity contribution in [1.29, 1.82) is 0 Å². The maximum absolute atomic E-state index is 12.8. The lowest BCUT2D eigenvalue weighted by Crippen LogP contribution is -2.35. The van der Waals surface area contributed by atoms with Crippen molar-refractivity contribution in [3.8, 4) is 0 Å². The van der Waals surface area contributed by atoms with Gasteiger partial charge in [0.2, 0.25) is 10.0 Å². The number of benzene rings is 1. The van der Waals surface area contributed by atoms with Crippen LogP contribution in [0.4, 0.5) is 11.4 Å². The second kappa shape index (κ2) is 8.22. The van der Waals surface area contributed by atoms with Gasteiger partial charge in [-0.05, 0) is 45.2 Å². The Bertz CT molecular complexity index is 816. The molecule has 1 heterocycles. The second-order valence-corrected chi connectivity index (χ2v) is 9.24. The molecule has 2 rings (SSSR count). The fourth-order valence-electron chi connectivity index (χ4n) is 3.03. The first-order valence-corrected chi connectivity index (χ1v) is 10.3. The third-order valence-electron chi connectivity index (χ3n) is 4.56. The smallest absolute Gasteiger partial charge is 0.303 e. The number of rotatable bonds is 8. The Morgan fingerprint density at radius 1 is 1.30 bits per heavy atom. The van der Waals surface area contributed by atoms with Crippen LogP contribution < -0.4 is 5.32 Å². The molecule has 1 aromatic rings. The largest absolute Gasteiger partial charge is 0.481 e. The minimum atomic E-state index is -3.78. The summed E-state index contributed by atoms with van der Waals surface area (Å²) < 4.78 is 26.9. The van der Waals surface area contributed by atoms with E-state index >= 15 is 0 Å². The number of hydrogen-bond acceptors (Lipinski definition) is 6. The van der Waals surface area contributed by atoms with Crippen molar-refractivity contribution in [2.45, 2.75) is 56.4 Å². The highest BCUT2D eigenvalue weighted by Gasteiger charge is 2.30. The topological polar surface area (TPSA) is 130 Å². The Hall–Kier alpha value is -2.20. The van der Waals surface area contributed by atoms with Gasteiger partial charge in [0.05, 0.1) is 9.82 Å². The summed E-state index contributed by atoms with van der Waals surface area (Å²) >= 11 is 0. The van der Waals surface area contributed by atoms with E-state index in [1.54, 1.807) is 13.8 Å². The van der Waals surface area contributed by atoms with Crippen molar-refractivity contribution in [3.05, 3.63) is 28.3 Å². The molecule has 1 fully saturated rings. The minimum absolute atomic E-state index is 0.0881. The van der Waals surface area contributed by atoms with Gasteiger partial charge in [-0.2, -0.15) is 4.31 Å². The van der Waals surface area contributed by atoms with Gasteiger partial charge in [-0.25, -0.2) is 8.42 Å². The van der Waals surface area contributed by atoms with Gasteiger partial charge in [-0.3, -0.25) is 14.9 Å². The summed E-state index contributed by atoms with van der Waals surface area (Å²) in [5.41, 5.74) is -0.902. The van der Waals surface area contributed by atoms with E-state index in [4.69, 9.17) is 5.11 Å². The van der Waals surface area contributed by atoms with Crippen LogP contribution >= 0.6 is 0 Å². The third-order valence-corrected chi connectivity index (χ3v) is 6.45. The van der Waals surface area contributed by atoms with Crippen molar-refractivity contribution in [1.82, 2.24) is 4.31 Å². The minimum Gasteiger partial charge on any atom is -0.481 e. The van der Waals surface area contributed by atoms with Crippen LogP contribution in [-0.4, -0.2) is 47.4 Å². The van der Waals surface area contributed by atoms with E-state index in [0.29, 0.717) is 13.1 Å². The summed E-state index contributed by atoms with van der Waals surface area (Å²) in [5, 5.41) is 23.3. The van der Waals surface area contributed by atoms with Gasteiger partial charge in [-0.15, -0.1) is 0 Å². The number of nitro benzene ring substituents is 1. The molecule has 0 amide bonds. The number of hydrogen-bond donors (Lipinski definition) is 2. The Labute approximate surface area is 158 Å². The van der Waals surface area contributed by atoms with Gasteiger partial charge in [0.15, 0.2) is 0 Å². The zero-order chi connectivity index (χ0) is 20.2. The number of nitro groups is 1. The second-order valence-electron chi connectivity index (χ2n) is 7.30. The first kappa shape index (κ1) is 21.1. The molecule has 0 saturated carbocycles. The third kappa shape index (κ3) is 5.39. The zero-order valence-corrected chi connectivity index (χ0v) is 16.3. The highest BCUT2D eigenvalue weighted by atomic mass is 32.2. The lowest BCUT2D eigenvalue weighted by Gasteiger charge is -2.28. The van der Waals surface area contributed by atoms with E-state index in [1.807, 2.05) is 0 Å². The number of aliphatic carboxylic acids is 1. The Kier molecular flexibility index (Phi) is 6.42. The molecule has 0 unspecified atom stereocenters. The molecule has 150 valence electrons. The van der Waals surface area contributed by atoms with Crippen molar-refractivity contribution in [2.75, 3.05) is 18.4 Å². The van der Waals surface area contributed by atoms with E-state index in [-0.39, 0.29) is 29.1 Å². The molecule has 1 aromatic carbocycles. The van der Waals surface area contributed by atoms with Crippen molar-refractivity contribution < 1.29 is 23.2 Å². The summed E-state index contributed by atoms with van der Waals surface area (Å²) in [6, 6.07) is 3.80. The first-order chi connectivity index (χ1) is 12.5. The van der Waals surface area contributed by atoms with Gasteiger partial charge in [0, 0.05) is 31.1 Å². The van der Waals surface area contributed by atoms with Gasteiger partial charge in [0.1, 0.15) is 5.69 Å². The number of anilines is 1. The summed E-state index contributed by atoms with van der Waals surface area (Å²) in [5.74, 6) is -0.956. The van der Waals surface area contributed by atoms with Gasteiger partial charge >= 0.3 is 5.97 Å². The van der Waals surface area contributed by atoms with Crippen molar-refractivity contribution >= 4 is 27.4 Å². The highest BCUT2D eigenvalue weighted by Crippen LogP contribution is 2.32. The van der Waals surface area contributed by atoms with Gasteiger partial charge < -0.3 is 10.4 Å². The standard InChI is InChI=1S/C17H25N3O6S/c1-17(2,9-8-16(21)22)18-14-7-6-13(12-15(14)20(23)24)27(25,26)19-10-4-3-5-11-19/h6-7,12,18H,3-5,8-11H2,1-2H3,(H,21,22). The van der Waals surface area contributed by atoms with Crippen LogP contribution in [0.5, 0.6) is 0 Å². The molecule has 0 radical (unpaired) electrons. The molecule has 9 nitrogen and oxygen atoms in total. The molecule has 1 aliphatic heterocycles. The number of sulfonamides is 1. The predicted octanol–water partition coefficient (Wildman–Crippen LogP) is 2.82. The van der Waals surface area contributed by atoms with Gasteiger partial charge in [0.25, 0.3) is 5.69 Å². The predicted molar refractivity (Wildman–Crippen MR) is 100 cm³/mol. The molecule has 0 atom stereocenters. The summed E-state index contributed by atoms with van der Waals surface area (Å²) in [6.45, 7) is 4.30. The Morgan fingerprint density at radius 2 is 1.93 bits per heavy atom. The van der Waals surface area contributed by atoms with Crippen LogP contribution in [0.15, 0.2) is 23.1 Å². The molecule has 0 aliphatic carbocycles. The van der Waals surface area contributed by atoms with E-state index in [0.717, 1.165) is 25.3 Å². The fourth-order valence-corrected chi connectivity index (χ4v) is 4.57. The van der Waals surface area contributed by atoms with Crippen molar-refractivity contribution in [2.24, 2.45) is 0 Å². The molecule has 1 saturated heterocycles. The first-order valence-electron chi connectivity index (χ1n) is 8.81. The number of carbonyl (C=O) groups is 1. The van der Waals surface area contributed by atoms with Crippen LogP contribution in [0, 0.1) is 10.1 Å². The number of nitrogens with one attached hydrogen (secondary N) is 1. The number of piperidine rings is 1. The number of nitrogens with zero attached hydrogens (tertiary/aromatic N) is 2. The fraction of sp³-hybridized carbons (Fsp3) is 0.588. The lowest BCUT2D eigenvalue weighted by molar-refractivity contribution is -0.384. The Balaban J connectivity index is 2.31. The van der Waals surface area contributed by atoms with E-state index in [1.165, 1.54) is 16.4 Å². The summed E-state index contributed by atoms with van der Waals surface area (Å²) in [6.07, 6.45) is 2.69. The SMILES string of the molecule is CC(C)(CCC(=O)O)Nc1ccc(S(=O)(=O)N2CCCCC2)cc1[N+](=O)[O-]. The molecular weight excluding hydrogens is 374 g/mol. The van der Waals surface area contributed by atoms with E-state index in [9.17, 15) is 23.3 Å². The average molecular weight is 399 g/mol. The maximum atomic E-state index is 12.8. The molecule has 0 aromatic heterocycles. The van der Waals surface area contributed by atoms with Crippen LogP contribution in [0.1, 0.15) is 46.0 Å². The molecule has 2 N–H and O–H groups in total. The summed E-state index contributed by atoms with van der Waals surface area (Å²) in [4.78, 5) is 21.5. The summed E-state index contributed by atoms with van der Waals surface area (Å²) in [7, 11) is -3.78. The normalized spacial score (nSPS) is 16.1. The van der Waals surface area contributed by atoms with Crippen molar-refractivity contribution in [3.63, 3.8) is 0 Å². The van der Waals surface area contributed by atoms with Crippen LogP contribution in [0.3, 0.4) is 0 Å². The zero-order valence-electron chi connectivity index (χ0n) is 15.5. The molecule has 27 heavy (non-hydrogen) atoms. The lowest BCUT2D eigenvalue weighted by atomic mass is 9.97. The quantitative estimate of drug-likeness (QED) is 0.508. The van der Waals surface area contributed by atoms with Crippen LogP contribution in [0.25, 0.3) is 0 Å². The monoisotopic (exact) mass is 399 g/mol. The van der Waals surface area contributed by atoms with Gasteiger partial charge in [-0.1, -0.05) is 6.42 Å². The maximum Gasteiger partial charge on any atom is 0.303 e. The highest BCUT2D eigenvalue weighted by molar-refractivity contribution is 7.89.